The molecule has 2 aromatic carbocycles. The summed E-state index contributed by atoms with van der Waals surface area (Å²) in [5.41, 5.74) is 1.67. The first-order chi connectivity index (χ1) is 12.1. The summed E-state index contributed by atoms with van der Waals surface area (Å²) in [4.78, 5) is 16.7. The van der Waals surface area contributed by atoms with Gasteiger partial charge in [-0.05, 0) is 41.8 Å². The van der Waals surface area contributed by atoms with Crippen LogP contribution in [0.25, 0.3) is 0 Å². The topological polar surface area (TPSA) is 38.7 Å². The molecule has 25 heavy (non-hydrogen) atoms. The minimum absolute atomic E-state index is 0.310. The molecule has 1 atom stereocenters. The molecule has 0 radical (unpaired) electrons. The maximum absolute atomic E-state index is 13.1. The zero-order valence-electron chi connectivity index (χ0n) is 14.1. The van der Waals surface area contributed by atoms with Crippen molar-refractivity contribution in [2.75, 3.05) is 6.61 Å². The van der Waals surface area contributed by atoms with Gasteiger partial charge in [0.05, 0.1) is 6.61 Å². The molecule has 0 heterocycles. The Balaban J connectivity index is 2.11. The van der Waals surface area contributed by atoms with Crippen molar-refractivity contribution in [2.45, 2.75) is 32.2 Å². The molecule has 0 fully saturated rings. The summed E-state index contributed by atoms with van der Waals surface area (Å²) >= 11 is 5.87. The maximum atomic E-state index is 13.1. The molecule has 3 nitrogen and oxygen atoms in total. The fourth-order valence-corrected chi connectivity index (χ4v) is 2.30. The third-order valence-corrected chi connectivity index (χ3v) is 3.88. The molecule has 0 bridgehead atoms. The molecule has 0 aliphatic rings. The van der Waals surface area contributed by atoms with Crippen LogP contribution in [0.3, 0.4) is 0 Å². The zero-order valence-corrected chi connectivity index (χ0v) is 14.9. The SMILES string of the molecule is CCCCOC(=O)C(Cc1ccc(F)cc1)N=Cc1ccc(Cl)cc1. The van der Waals surface area contributed by atoms with E-state index in [1.807, 2.05) is 19.1 Å². The second kappa shape index (κ2) is 9.94. The first-order valence-corrected chi connectivity index (χ1v) is 8.66. The van der Waals surface area contributed by atoms with Gasteiger partial charge in [0.2, 0.25) is 0 Å². The summed E-state index contributed by atoms with van der Waals surface area (Å²) in [6, 6.07) is 12.5. The summed E-state index contributed by atoms with van der Waals surface area (Å²) in [5.74, 6) is -0.682. The molecule has 0 amide bonds. The molecule has 1 unspecified atom stereocenters. The molecule has 2 rings (SSSR count). The smallest absolute Gasteiger partial charge is 0.331 e. The van der Waals surface area contributed by atoms with Crippen LogP contribution in [0.4, 0.5) is 4.39 Å². The molecule has 0 aliphatic heterocycles. The van der Waals surface area contributed by atoms with Crippen LogP contribution in [-0.4, -0.2) is 24.8 Å². The van der Waals surface area contributed by atoms with Crippen molar-refractivity contribution in [3.63, 3.8) is 0 Å². The molecule has 0 saturated carbocycles. The quantitative estimate of drug-likeness (QED) is 0.383. The van der Waals surface area contributed by atoms with Crippen molar-refractivity contribution >= 4 is 23.8 Å². The van der Waals surface area contributed by atoms with E-state index in [9.17, 15) is 9.18 Å². The molecular formula is C20H21ClFNO2. The lowest BCUT2D eigenvalue weighted by molar-refractivity contribution is -0.145. The largest absolute Gasteiger partial charge is 0.464 e. The number of hydrogen-bond donors (Lipinski definition) is 0. The Morgan fingerprint density at radius 3 is 2.52 bits per heavy atom. The Hall–Kier alpha value is -2.20. The average Bonchev–Trinajstić information content (AvgIpc) is 2.61. The van der Waals surface area contributed by atoms with Crippen LogP contribution >= 0.6 is 11.6 Å². The van der Waals surface area contributed by atoms with E-state index >= 15 is 0 Å². The highest BCUT2D eigenvalue weighted by Gasteiger charge is 2.19. The van der Waals surface area contributed by atoms with E-state index in [-0.39, 0.29) is 11.8 Å². The van der Waals surface area contributed by atoms with Gasteiger partial charge in [0.15, 0.2) is 6.04 Å². The van der Waals surface area contributed by atoms with Crippen molar-refractivity contribution in [1.29, 1.82) is 0 Å². The number of aliphatic imine (C=N–C) groups is 1. The molecule has 132 valence electrons. The Morgan fingerprint density at radius 1 is 1.20 bits per heavy atom. The summed E-state index contributed by atoms with van der Waals surface area (Å²) in [5, 5.41) is 0.638. The van der Waals surface area contributed by atoms with Crippen LogP contribution < -0.4 is 0 Å². The first-order valence-electron chi connectivity index (χ1n) is 8.28. The molecule has 5 heteroatoms. The molecule has 2 aromatic rings. The lowest BCUT2D eigenvalue weighted by atomic mass is 10.1. The van der Waals surface area contributed by atoms with Gasteiger partial charge in [-0.15, -0.1) is 0 Å². The first kappa shape index (κ1) is 19.1. The van der Waals surface area contributed by atoms with Gasteiger partial charge in [-0.2, -0.15) is 0 Å². The number of ether oxygens (including phenoxy) is 1. The summed E-state index contributed by atoms with van der Waals surface area (Å²) in [6.45, 7) is 2.41. The van der Waals surface area contributed by atoms with Crippen LogP contribution in [0.1, 0.15) is 30.9 Å². The van der Waals surface area contributed by atoms with E-state index in [1.165, 1.54) is 12.1 Å². The van der Waals surface area contributed by atoms with Crippen LogP contribution in [0.15, 0.2) is 53.5 Å². The van der Waals surface area contributed by atoms with E-state index < -0.39 is 6.04 Å². The van der Waals surface area contributed by atoms with Gasteiger partial charge in [0, 0.05) is 17.7 Å². The lowest BCUT2D eigenvalue weighted by Crippen LogP contribution is -2.24. The Labute approximate surface area is 152 Å². The van der Waals surface area contributed by atoms with Crippen LogP contribution in [-0.2, 0) is 16.0 Å². The highest BCUT2D eigenvalue weighted by molar-refractivity contribution is 6.30. The number of carbonyl (C=O) groups excluding carboxylic acids is 1. The third kappa shape index (κ3) is 6.67. The molecular weight excluding hydrogens is 341 g/mol. The molecule has 0 N–H and O–H groups in total. The summed E-state index contributed by atoms with van der Waals surface area (Å²) in [7, 11) is 0. The van der Waals surface area contributed by atoms with Gasteiger partial charge in [-0.3, -0.25) is 4.99 Å². The predicted molar refractivity (Wildman–Crippen MR) is 98.8 cm³/mol. The number of esters is 1. The monoisotopic (exact) mass is 361 g/mol. The van der Waals surface area contributed by atoms with Gasteiger partial charge >= 0.3 is 5.97 Å². The van der Waals surface area contributed by atoms with Crippen molar-refractivity contribution in [2.24, 2.45) is 4.99 Å². The zero-order chi connectivity index (χ0) is 18.1. The van der Waals surface area contributed by atoms with E-state index in [0.29, 0.717) is 18.1 Å². The maximum Gasteiger partial charge on any atom is 0.331 e. The van der Waals surface area contributed by atoms with Crippen molar-refractivity contribution < 1.29 is 13.9 Å². The number of carbonyl (C=O) groups is 1. The van der Waals surface area contributed by atoms with Gasteiger partial charge < -0.3 is 4.74 Å². The second-order valence-corrected chi connectivity index (χ2v) is 6.13. The molecule has 0 spiro atoms. The fraction of sp³-hybridized carbons (Fsp3) is 0.300. The van der Waals surface area contributed by atoms with Crippen molar-refractivity contribution in [1.82, 2.24) is 0 Å². The number of hydrogen-bond acceptors (Lipinski definition) is 3. The number of rotatable bonds is 8. The molecule has 0 aliphatic carbocycles. The minimum atomic E-state index is -0.669. The lowest BCUT2D eigenvalue weighted by Gasteiger charge is -2.12. The Bertz CT molecular complexity index is 699. The Morgan fingerprint density at radius 2 is 1.88 bits per heavy atom. The summed E-state index contributed by atoms with van der Waals surface area (Å²) < 4.78 is 18.4. The Kier molecular flexibility index (Phi) is 7.61. The second-order valence-electron chi connectivity index (χ2n) is 5.70. The van der Waals surface area contributed by atoms with Crippen molar-refractivity contribution in [3.8, 4) is 0 Å². The standard InChI is InChI=1S/C20H21ClFNO2/c1-2-3-12-25-20(24)19(13-15-6-10-18(22)11-7-15)23-14-16-4-8-17(21)9-5-16/h4-11,14,19H,2-3,12-13H2,1H3. The van der Waals surface area contributed by atoms with Crippen molar-refractivity contribution in [3.05, 3.63) is 70.5 Å². The average molecular weight is 362 g/mol. The molecule has 0 saturated heterocycles. The van der Waals surface area contributed by atoms with E-state index in [4.69, 9.17) is 16.3 Å². The summed E-state index contributed by atoms with van der Waals surface area (Å²) in [6.07, 6.45) is 3.75. The molecule has 0 aromatic heterocycles. The van der Waals surface area contributed by atoms with E-state index in [1.54, 1.807) is 30.5 Å². The highest BCUT2D eigenvalue weighted by Crippen LogP contribution is 2.12. The van der Waals surface area contributed by atoms with Crippen LogP contribution in [0, 0.1) is 5.82 Å². The normalized spacial score (nSPS) is 12.3. The van der Waals surface area contributed by atoms with Gasteiger partial charge in [0.25, 0.3) is 0 Å². The van der Waals surface area contributed by atoms with Gasteiger partial charge in [0.1, 0.15) is 5.82 Å². The number of halogens is 2. The number of benzene rings is 2. The van der Waals surface area contributed by atoms with Gasteiger partial charge in [-0.25, -0.2) is 9.18 Å². The van der Waals surface area contributed by atoms with E-state index in [0.717, 1.165) is 24.0 Å². The number of unbranched alkanes of at least 4 members (excludes halogenated alkanes) is 1. The van der Waals surface area contributed by atoms with Crippen LogP contribution in [0.2, 0.25) is 5.02 Å². The fourth-order valence-electron chi connectivity index (χ4n) is 2.18. The predicted octanol–water partition coefficient (Wildman–Crippen LogP) is 4.85. The highest BCUT2D eigenvalue weighted by atomic mass is 35.5. The third-order valence-electron chi connectivity index (χ3n) is 3.63. The number of nitrogens with zero attached hydrogens (tertiary/aromatic N) is 1. The van der Waals surface area contributed by atoms with E-state index in [2.05, 4.69) is 4.99 Å². The minimum Gasteiger partial charge on any atom is -0.464 e. The van der Waals surface area contributed by atoms with Gasteiger partial charge in [-0.1, -0.05) is 49.2 Å². The van der Waals surface area contributed by atoms with Crippen LogP contribution in [0.5, 0.6) is 0 Å².